The van der Waals surface area contributed by atoms with Gasteiger partial charge in [-0.25, -0.2) is 0 Å². The van der Waals surface area contributed by atoms with Crippen molar-refractivity contribution >= 4 is 0 Å². The highest BCUT2D eigenvalue weighted by Gasteiger charge is 2.18. The van der Waals surface area contributed by atoms with Gasteiger partial charge in [0.05, 0.1) is 13.2 Å². The van der Waals surface area contributed by atoms with E-state index in [9.17, 15) is 5.11 Å². The van der Waals surface area contributed by atoms with Crippen LogP contribution in [0.3, 0.4) is 0 Å². The fraction of sp³-hybridized carbons (Fsp3) is 0.400. The fourth-order valence-corrected chi connectivity index (χ4v) is 3.22. The van der Waals surface area contributed by atoms with E-state index in [1.54, 1.807) is 0 Å². The largest absolute Gasteiger partial charge is 0.490 e. The summed E-state index contributed by atoms with van der Waals surface area (Å²) in [6.07, 6.45) is -0.544. The van der Waals surface area contributed by atoms with Crippen molar-refractivity contribution in [2.75, 3.05) is 46.2 Å². The van der Waals surface area contributed by atoms with Crippen LogP contribution in [0, 0.1) is 0 Å². The first-order valence-electron chi connectivity index (χ1n) is 8.89. The van der Waals surface area contributed by atoms with Crippen LogP contribution in [-0.2, 0) is 4.74 Å². The Morgan fingerprint density at radius 2 is 1.85 bits per heavy atom. The van der Waals surface area contributed by atoms with E-state index in [1.165, 1.54) is 0 Å². The van der Waals surface area contributed by atoms with Crippen molar-refractivity contribution in [1.82, 2.24) is 4.90 Å². The van der Waals surface area contributed by atoms with Crippen LogP contribution in [0.25, 0.3) is 11.1 Å². The minimum absolute atomic E-state index is 0.249. The van der Waals surface area contributed by atoms with Gasteiger partial charge in [0.15, 0.2) is 11.5 Å². The molecule has 6 nitrogen and oxygen atoms in total. The molecule has 26 heavy (non-hydrogen) atoms. The summed E-state index contributed by atoms with van der Waals surface area (Å²) in [7, 11) is 0. The molecule has 1 N–H and O–H groups in total. The quantitative estimate of drug-likeness (QED) is 0.855. The Morgan fingerprint density at radius 3 is 2.73 bits per heavy atom. The highest BCUT2D eigenvalue weighted by molar-refractivity contribution is 5.73. The van der Waals surface area contributed by atoms with Crippen molar-refractivity contribution in [3.8, 4) is 28.4 Å². The number of ether oxygens (including phenoxy) is 4. The zero-order valence-electron chi connectivity index (χ0n) is 14.6. The molecule has 0 spiro atoms. The van der Waals surface area contributed by atoms with E-state index in [2.05, 4.69) is 4.90 Å². The Morgan fingerprint density at radius 1 is 1.04 bits per heavy atom. The lowest BCUT2D eigenvalue weighted by Crippen LogP contribution is -2.42. The molecule has 1 fully saturated rings. The number of aliphatic hydroxyl groups is 1. The number of hydrogen-bond acceptors (Lipinski definition) is 6. The van der Waals surface area contributed by atoms with Crippen molar-refractivity contribution in [2.45, 2.75) is 6.10 Å². The summed E-state index contributed by atoms with van der Waals surface area (Å²) in [5.41, 5.74) is 1.96. The van der Waals surface area contributed by atoms with Crippen molar-refractivity contribution in [2.24, 2.45) is 0 Å². The summed E-state index contributed by atoms with van der Waals surface area (Å²) in [6.45, 7) is 4.25. The number of hydrogen-bond donors (Lipinski definition) is 1. The molecule has 0 radical (unpaired) electrons. The van der Waals surface area contributed by atoms with Crippen molar-refractivity contribution in [3.05, 3.63) is 42.5 Å². The van der Waals surface area contributed by atoms with E-state index in [4.69, 9.17) is 18.9 Å². The molecule has 0 bridgehead atoms. The van der Waals surface area contributed by atoms with Gasteiger partial charge in [-0.1, -0.05) is 24.3 Å². The molecule has 0 amide bonds. The van der Waals surface area contributed by atoms with Gasteiger partial charge in [0, 0.05) is 25.2 Å². The Hall–Kier alpha value is -2.28. The standard InChI is InChI=1S/C20H23NO5/c22-16(12-21-7-9-23-10-8-21)13-24-18-4-2-1-3-17(18)15-5-6-19-20(11-15)26-14-25-19/h1-6,11,16,22H,7-10,12-14H2/t16-/m1/s1. The first-order valence-corrected chi connectivity index (χ1v) is 8.89. The normalized spacial score (nSPS) is 17.9. The summed E-state index contributed by atoms with van der Waals surface area (Å²) < 4.78 is 22.1. The van der Waals surface area contributed by atoms with Crippen LogP contribution in [0.15, 0.2) is 42.5 Å². The van der Waals surface area contributed by atoms with E-state index in [0.29, 0.717) is 6.54 Å². The van der Waals surface area contributed by atoms with Gasteiger partial charge >= 0.3 is 0 Å². The number of benzene rings is 2. The number of para-hydroxylation sites is 1. The lowest BCUT2D eigenvalue weighted by molar-refractivity contribution is 0.00471. The maximum atomic E-state index is 10.3. The van der Waals surface area contributed by atoms with E-state index < -0.39 is 6.10 Å². The van der Waals surface area contributed by atoms with Crippen LogP contribution < -0.4 is 14.2 Å². The molecular weight excluding hydrogens is 334 g/mol. The molecule has 2 aliphatic heterocycles. The summed E-state index contributed by atoms with van der Waals surface area (Å²) >= 11 is 0. The number of rotatable bonds is 6. The molecule has 0 aromatic heterocycles. The van der Waals surface area contributed by atoms with E-state index in [1.807, 2.05) is 42.5 Å². The molecule has 1 atom stereocenters. The van der Waals surface area contributed by atoms with E-state index in [-0.39, 0.29) is 13.4 Å². The molecule has 2 heterocycles. The average molecular weight is 357 g/mol. The summed E-state index contributed by atoms with van der Waals surface area (Å²) in [4.78, 5) is 2.20. The number of fused-ring (bicyclic) bond motifs is 1. The Kier molecular flexibility index (Phi) is 5.24. The van der Waals surface area contributed by atoms with Crippen LogP contribution >= 0.6 is 0 Å². The van der Waals surface area contributed by atoms with Crippen LogP contribution in [0.1, 0.15) is 0 Å². The van der Waals surface area contributed by atoms with Gasteiger partial charge in [0.1, 0.15) is 18.5 Å². The lowest BCUT2D eigenvalue weighted by Gasteiger charge is -2.28. The van der Waals surface area contributed by atoms with Gasteiger partial charge in [0.2, 0.25) is 6.79 Å². The van der Waals surface area contributed by atoms with Gasteiger partial charge in [-0.05, 0) is 23.8 Å². The number of β-amino-alcohol motifs (C(OH)–C–C–N with tert-alkyl or cyclic N) is 1. The molecule has 2 aromatic rings. The van der Waals surface area contributed by atoms with E-state index in [0.717, 1.165) is 54.7 Å². The van der Waals surface area contributed by atoms with Crippen LogP contribution in [0.2, 0.25) is 0 Å². The maximum absolute atomic E-state index is 10.3. The number of nitrogens with zero attached hydrogens (tertiary/aromatic N) is 1. The molecule has 2 aliphatic rings. The second-order valence-electron chi connectivity index (χ2n) is 6.44. The van der Waals surface area contributed by atoms with Crippen LogP contribution in [0.5, 0.6) is 17.2 Å². The predicted molar refractivity (Wildman–Crippen MR) is 96.8 cm³/mol. The highest BCUT2D eigenvalue weighted by Crippen LogP contribution is 2.38. The molecule has 0 unspecified atom stereocenters. The van der Waals surface area contributed by atoms with Crippen LogP contribution in [0.4, 0.5) is 0 Å². The van der Waals surface area contributed by atoms with Gasteiger partial charge in [-0.2, -0.15) is 0 Å². The predicted octanol–water partition coefficient (Wildman–Crippen LogP) is 2.15. The molecular formula is C20H23NO5. The second-order valence-corrected chi connectivity index (χ2v) is 6.44. The van der Waals surface area contributed by atoms with Crippen molar-refractivity contribution in [3.63, 3.8) is 0 Å². The zero-order valence-corrected chi connectivity index (χ0v) is 14.6. The van der Waals surface area contributed by atoms with Crippen molar-refractivity contribution in [1.29, 1.82) is 0 Å². The highest BCUT2D eigenvalue weighted by atomic mass is 16.7. The minimum atomic E-state index is -0.544. The fourth-order valence-electron chi connectivity index (χ4n) is 3.22. The third kappa shape index (κ3) is 3.93. The monoisotopic (exact) mass is 357 g/mol. The smallest absolute Gasteiger partial charge is 0.231 e. The molecule has 1 saturated heterocycles. The summed E-state index contributed by atoms with van der Waals surface area (Å²) in [5, 5.41) is 10.3. The molecule has 4 rings (SSSR count). The summed E-state index contributed by atoms with van der Waals surface area (Å²) in [5.74, 6) is 2.24. The van der Waals surface area contributed by atoms with Gasteiger partial charge in [0.25, 0.3) is 0 Å². The van der Waals surface area contributed by atoms with Crippen molar-refractivity contribution < 1.29 is 24.1 Å². The Labute approximate surface area is 152 Å². The summed E-state index contributed by atoms with van der Waals surface area (Å²) in [6, 6.07) is 13.7. The Balaban J connectivity index is 1.42. The zero-order chi connectivity index (χ0) is 17.8. The minimum Gasteiger partial charge on any atom is -0.490 e. The third-order valence-corrected chi connectivity index (χ3v) is 4.57. The first kappa shape index (κ1) is 17.1. The number of aliphatic hydroxyl groups excluding tert-OH is 1. The van der Waals surface area contributed by atoms with Crippen LogP contribution in [-0.4, -0.2) is 62.4 Å². The first-order chi connectivity index (χ1) is 12.8. The molecule has 138 valence electrons. The maximum Gasteiger partial charge on any atom is 0.231 e. The topological polar surface area (TPSA) is 60.4 Å². The molecule has 0 aliphatic carbocycles. The number of morpholine rings is 1. The van der Waals surface area contributed by atoms with Gasteiger partial charge in [-0.3, -0.25) is 4.90 Å². The SMILES string of the molecule is O[C@@H](COc1ccccc1-c1ccc2c(c1)OCO2)CN1CCOCC1. The van der Waals surface area contributed by atoms with E-state index >= 15 is 0 Å². The average Bonchev–Trinajstić information content (AvgIpc) is 3.15. The van der Waals surface area contributed by atoms with Gasteiger partial charge < -0.3 is 24.1 Å². The Bertz CT molecular complexity index is 745. The lowest BCUT2D eigenvalue weighted by atomic mass is 10.0. The molecule has 0 saturated carbocycles. The molecule has 6 heteroatoms. The third-order valence-electron chi connectivity index (χ3n) is 4.57. The van der Waals surface area contributed by atoms with Gasteiger partial charge in [-0.15, -0.1) is 0 Å². The second kappa shape index (κ2) is 7.95. The molecule has 2 aromatic carbocycles.